The Bertz CT molecular complexity index is 2070. The van der Waals surface area contributed by atoms with Crippen LogP contribution in [-0.4, -0.2) is 88.6 Å². The molecule has 10 heteroatoms. The molecular formula is C41H44N8O2. The summed E-state index contributed by atoms with van der Waals surface area (Å²) in [6.07, 6.45) is 6.17. The van der Waals surface area contributed by atoms with Crippen molar-refractivity contribution in [2.45, 2.75) is 25.5 Å². The van der Waals surface area contributed by atoms with Gasteiger partial charge < -0.3 is 24.6 Å². The van der Waals surface area contributed by atoms with Crippen molar-refractivity contribution < 1.29 is 9.47 Å². The third-order valence-corrected chi connectivity index (χ3v) is 10.1. The highest BCUT2D eigenvalue weighted by atomic mass is 16.5. The zero-order valence-electron chi connectivity index (χ0n) is 29.3. The number of nitrogens with one attached hydrogen (secondary N) is 1. The summed E-state index contributed by atoms with van der Waals surface area (Å²) in [6.45, 7) is 7.29. The third kappa shape index (κ3) is 7.24. The number of methoxy groups -OCH3 is 1. The third-order valence-electron chi connectivity index (χ3n) is 10.1. The lowest BCUT2D eigenvalue weighted by molar-refractivity contribution is 0.0982. The maximum absolute atomic E-state index is 6.05. The summed E-state index contributed by atoms with van der Waals surface area (Å²) < 4.78 is 14.0. The summed E-state index contributed by atoms with van der Waals surface area (Å²) in [5.41, 5.74) is 7.40. The minimum Gasteiger partial charge on any atom is -0.494 e. The predicted octanol–water partition coefficient (Wildman–Crippen LogP) is 7.01. The lowest BCUT2D eigenvalue weighted by Gasteiger charge is -2.42. The number of piperidine rings is 1. The molecule has 51 heavy (non-hydrogen) atoms. The number of anilines is 3. The van der Waals surface area contributed by atoms with Crippen molar-refractivity contribution in [3.63, 3.8) is 0 Å². The van der Waals surface area contributed by atoms with Gasteiger partial charge in [0.2, 0.25) is 5.95 Å². The lowest BCUT2D eigenvalue weighted by atomic mass is 10.0. The Hall–Kier alpha value is -5.45. The standard InChI is InChI=1S/C41H44N8O2/c1-46-24-26-48(27-25-46)32-18-22-47(23-19-32)33-13-16-35(37(28-33)50-2)43-41-42-20-17-36(44-41)40-39(45-38-10-6-7-21-49(38)40)31-11-14-34(15-12-31)51-29-30-8-4-3-5-9-30/h3-17,20-21,28,32H,18-19,22-27,29H2,1-2H3,(H,42,43,44). The van der Waals surface area contributed by atoms with Gasteiger partial charge in [0.15, 0.2) is 0 Å². The van der Waals surface area contributed by atoms with Crippen LogP contribution in [-0.2, 0) is 6.61 Å². The van der Waals surface area contributed by atoms with Crippen molar-refractivity contribution in [1.82, 2.24) is 29.2 Å². The zero-order chi connectivity index (χ0) is 34.6. The van der Waals surface area contributed by atoms with E-state index in [0.717, 1.165) is 77.2 Å². The molecule has 8 rings (SSSR count). The summed E-state index contributed by atoms with van der Waals surface area (Å²) in [7, 11) is 3.93. The van der Waals surface area contributed by atoms with Crippen LogP contribution in [0, 0.1) is 0 Å². The van der Waals surface area contributed by atoms with Crippen LogP contribution >= 0.6 is 0 Å². The summed E-state index contributed by atoms with van der Waals surface area (Å²) in [6, 6.07) is 33.2. The fraction of sp³-hybridized carbons (Fsp3) is 0.293. The average Bonchev–Trinajstić information content (AvgIpc) is 3.58. The quantitative estimate of drug-likeness (QED) is 0.164. The lowest BCUT2D eigenvalue weighted by Crippen LogP contribution is -2.52. The number of likely N-dealkylation sites (N-methyl/N-ethyl adjacent to an activating group) is 1. The fourth-order valence-electron chi connectivity index (χ4n) is 7.22. The largest absolute Gasteiger partial charge is 0.494 e. The van der Waals surface area contributed by atoms with Crippen LogP contribution in [0.5, 0.6) is 11.5 Å². The van der Waals surface area contributed by atoms with Crippen LogP contribution in [0.3, 0.4) is 0 Å². The van der Waals surface area contributed by atoms with Crippen LogP contribution < -0.4 is 19.7 Å². The zero-order valence-corrected chi connectivity index (χ0v) is 29.3. The molecule has 0 aliphatic carbocycles. The molecule has 0 amide bonds. The molecule has 0 saturated carbocycles. The van der Waals surface area contributed by atoms with E-state index in [1.54, 1.807) is 13.3 Å². The fourth-order valence-corrected chi connectivity index (χ4v) is 7.22. The van der Waals surface area contributed by atoms with Crippen molar-refractivity contribution in [3.8, 4) is 34.1 Å². The van der Waals surface area contributed by atoms with Gasteiger partial charge in [0.1, 0.15) is 23.8 Å². The number of piperazine rings is 1. The van der Waals surface area contributed by atoms with Crippen LogP contribution in [0.2, 0.25) is 0 Å². The van der Waals surface area contributed by atoms with Gasteiger partial charge >= 0.3 is 0 Å². The van der Waals surface area contributed by atoms with Gasteiger partial charge in [-0.3, -0.25) is 9.30 Å². The first-order valence-electron chi connectivity index (χ1n) is 17.8. The molecule has 2 aliphatic rings. The number of pyridine rings is 1. The number of aromatic nitrogens is 4. The van der Waals surface area contributed by atoms with E-state index in [0.29, 0.717) is 18.6 Å². The molecule has 1 N–H and O–H groups in total. The highest BCUT2D eigenvalue weighted by Gasteiger charge is 2.27. The second-order valence-corrected chi connectivity index (χ2v) is 13.4. The Balaban J connectivity index is 0.999. The molecule has 6 aromatic rings. The first-order valence-corrected chi connectivity index (χ1v) is 17.8. The molecule has 0 radical (unpaired) electrons. The summed E-state index contributed by atoms with van der Waals surface area (Å²) in [5.74, 6) is 2.04. The molecule has 5 heterocycles. The Morgan fingerprint density at radius 1 is 0.804 bits per heavy atom. The molecule has 2 fully saturated rings. The second kappa shape index (κ2) is 14.8. The normalized spacial score (nSPS) is 16.0. The van der Waals surface area contributed by atoms with Gasteiger partial charge in [-0.25, -0.2) is 15.0 Å². The van der Waals surface area contributed by atoms with Gasteiger partial charge in [0.25, 0.3) is 0 Å². The minimum atomic E-state index is 0.480. The molecule has 0 unspecified atom stereocenters. The molecule has 260 valence electrons. The topological polar surface area (TPSA) is 83.3 Å². The van der Waals surface area contributed by atoms with E-state index in [-0.39, 0.29) is 0 Å². The molecule has 10 nitrogen and oxygen atoms in total. The van der Waals surface area contributed by atoms with Crippen molar-refractivity contribution in [2.24, 2.45) is 0 Å². The van der Waals surface area contributed by atoms with Gasteiger partial charge in [0, 0.05) is 75.0 Å². The SMILES string of the molecule is COc1cc(N2CCC(N3CCN(C)CC3)CC2)ccc1Nc1nccc(-c2c(-c3ccc(OCc4ccccc4)cc3)nc3ccccn23)n1. The number of imidazole rings is 1. The number of ether oxygens (including phenoxy) is 2. The van der Waals surface area contributed by atoms with E-state index < -0.39 is 0 Å². The molecular weight excluding hydrogens is 637 g/mol. The Labute approximate surface area is 299 Å². The van der Waals surface area contributed by atoms with Crippen molar-refractivity contribution in [1.29, 1.82) is 0 Å². The number of hydrogen-bond donors (Lipinski definition) is 1. The van der Waals surface area contributed by atoms with E-state index in [9.17, 15) is 0 Å². The summed E-state index contributed by atoms with van der Waals surface area (Å²) in [4.78, 5) is 22.2. The number of nitrogens with zero attached hydrogens (tertiary/aromatic N) is 7. The highest BCUT2D eigenvalue weighted by molar-refractivity contribution is 5.81. The maximum Gasteiger partial charge on any atom is 0.227 e. The van der Waals surface area contributed by atoms with Crippen molar-refractivity contribution >= 4 is 23.0 Å². The van der Waals surface area contributed by atoms with E-state index in [1.807, 2.05) is 72.9 Å². The van der Waals surface area contributed by atoms with Crippen LogP contribution in [0.25, 0.3) is 28.3 Å². The van der Waals surface area contributed by atoms with Crippen LogP contribution in [0.4, 0.5) is 17.3 Å². The molecule has 3 aromatic carbocycles. The number of fused-ring (bicyclic) bond motifs is 1. The van der Waals surface area contributed by atoms with E-state index >= 15 is 0 Å². The summed E-state index contributed by atoms with van der Waals surface area (Å²) in [5, 5.41) is 3.43. The van der Waals surface area contributed by atoms with Gasteiger partial charge in [0.05, 0.1) is 29.9 Å². The predicted molar refractivity (Wildman–Crippen MR) is 203 cm³/mol. The first-order chi connectivity index (χ1) is 25.1. The Morgan fingerprint density at radius 2 is 1.59 bits per heavy atom. The van der Waals surface area contributed by atoms with Crippen LogP contribution in [0.1, 0.15) is 18.4 Å². The molecule has 2 aliphatic heterocycles. The van der Waals surface area contributed by atoms with E-state index in [1.165, 1.54) is 31.6 Å². The van der Waals surface area contributed by atoms with Gasteiger partial charge in [-0.2, -0.15) is 0 Å². The second-order valence-electron chi connectivity index (χ2n) is 13.4. The van der Waals surface area contributed by atoms with E-state index in [2.05, 4.69) is 66.8 Å². The maximum atomic E-state index is 6.05. The number of hydrogen-bond acceptors (Lipinski definition) is 9. The molecule has 0 bridgehead atoms. The van der Waals surface area contributed by atoms with Gasteiger partial charge in [-0.1, -0.05) is 36.4 Å². The molecule has 0 atom stereocenters. The van der Waals surface area contributed by atoms with E-state index in [4.69, 9.17) is 19.4 Å². The van der Waals surface area contributed by atoms with Gasteiger partial charge in [-0.15, -0.1) is 0 Å². The highest BCUT2D eigenvalue weighted by Crippen LogP contribution is 2.36. The number of rotatable bonds is 10. The molecule has 3 aromatic heterocycles. The molecule has 2 saturated heterocycles. The van der Waals surface area contributed by atoms with Crippen molar-refractivity contribution in [3.05, 3.63) is 115 Å². The smallest absolute Gasteiger partial charge is 0.227 e. The monoisotopic (exact) mass is 680 g/mol. The minimum absolute atomic E-state index is 0.480. The Kier molecular flexibility index (Phi) is 9.50. The van der Waals surface area contributed by atoms with Gasteiger partial charge in [-0.05, 0) is 80.1 Å². The van der Waals surface area contributed by atoms with Crippen LogP contribution in [0.15, 0.2) is 109 Å². The van der Waals surface area contributed by atoms with Crippen molar-refractivity contribution in [2.75, 3.05) is 63.6 Å². The molecule has 0 spiro atoms. The Morgan fingerprint density at radius 3 is 2.37 bits per heavy atom. The average molecular weight is 681 g/mol. The summed E-state index contributed by atoms with van der Waals surface area (Å²) >= 11 is 0. The first kappa shape index (κ1) is 32.7. The number of benzene rings is 3.